The second-order valence-corrected chi connectivity index (χ2v) is 5.05. The van der Waals surface area contributed by atoms with Crippen LogP contribution >= 0.6 is 11.5 Å². The SMILES string of the molecule is COCCOCCCNc1snc(N)c1OC(C)C. The number of hydrogen-bond donors (Lipinski definition) is 2. The summed E-state index contributed by atoms with van der Waals surface area (Å²) in [5.41, 5.74) is 5.77. The number of anilines is 2. The molecule has 0 unspecified atom stereocenters. The molecule has 1 aromatic rings. The Hall–Kier alpha value is -1.05. The first kappa shape index (κ1) is 16.0. The molecule has 0 aliphatic carbocycles. The van der Waals surface area contributed by atoms with E-state index in [1.807, 2.05) is 13.8 Å². The van der Waals surface area contributed by atoms with Crippen molar-refractivity contribution < 1.29 is 14.2 Å². The first-order valence-electron chi connectivity index (χ1n) is 6.37. The van der Waals surface area contributed by atoms with Crippen molar-refractivity contribution in [1.29, 1.82) is 0 Å². The van der Waals surface area contributed by atoms with Crippen LogP contribution in [-0.4, -0.2) is 44.0 Å². The van der Waals surface area contributed by atoms with Crippen molar-refractivity contribution in [1.82, 2.24) is 4.37 Å². The Morgan fingerprint density at radius 2 is 2.11 bits per heavy atom. The molecule has 0 spiro atoms. The Morgan fingerprint density at radius 3 is 2.79 bits per heavy atom. The number of nitrogen functional groups attached to an aromatic ring is 1. The lowest BCUT2D eigenvalue weighted by Gasteiger charge is -2.11. The van der Waals surface area contributed by atoms with Crippen molar-refractivity contribution in [3.63, 3.8) is 0 Å². The van der Waals surface area contributed by atoms with E-state index in [0.717, 1.165) is 18.0 Å². The Balaban J connectivity index is 2.25. The van der Waals surface area contributed by atoms with Crippen molar-refractivity contribution in [2.75, 3.05) is 44.5 Å². The first-order chi connectivity index (χ1) is 9.15. The van der Waals surface area contributed by atoms with Gasteiger partial charge in [-0.15, -0.1) is 0 Å². The van der Waals surface area contributed by atoms with Gasteiger partial charge in [0.1, 0.15) is 0 Å². The van der Waals surface area contributed by atoms with Crippen LogP contribution in [0.5, 0.6) is 5.75 Å². The van der Waals surface area contributed by atoms with Crippen molar-refractivity contribution >= 4 is 22.4 Å². The van der Waals surface area contributed by atoms with E-state index in [1.54, 1.807) is 7.11 Å². The molecule has 0 fully saturated rings. The third-order valence-corrected chi connectivity index (χ3v) is 3.01. The molecular weight excluding hydrogens is 266 g/mol. The van der Waals surface area contributed by atoms with E-state index in [1.165, 1.54) is 11.5 Å². The lowest BCUT2D eigenvalue weighted by Crippen LogP contribution is -2.10. The highest BCUT2D eigenvalue weighted by atomic mass is 32.1. The summed E-state index contributed by atoms with van der Waals surface area (Å²) >= 11 is 1.32. The molecule has 0 radical (unpaired) electrons. The van der Waals surface area contributed by atoms with Crippen LogP contribution in [0.1, 0.15) is 20.3 Å². The van der Waals surface area contributed by atoms with Crippen molar-refractivity contribution in [2.24, 2.45) is 0 Å². The van der Waals surface area contributed by atoms with E-state index >= 15 is 0 Å². The standard InChI is InChI=1S/C12H23N3O3S/c1-9(2)18-10-11(13)15-19-12(10)14-5-4-6-17-8-7-16-3/h9,14H,4-8H2,1-3H3,(H2,13,15). The fraction of sp³-hybridized carbons (Fsp3) is 0.750. The highest BCUT2D eigenvalue weighted by Gasteiger charge is 2.13. The lowest BCUT2D eigenvalue weighted by molar-refractivity contribution is 0.0705. The van der Waals surface area contributed by atoms with Gasteiger partial charge in [-0.2, -0.15) is 4.37 Å². The number of hydrogen-bond acceptors (Lipinski definition) is 7. The van der Waals surface area contributed by atoms with Gasteiger partial charge in [-0.3, -0.25) is 0 Å². The van der Waals surface area contributed by atoms with Gasteiger partial charge in [0.15, 0.2) is 16.6 Å². The third-order valence-electron chi connectivity index (χ3n) is 2.21. The third kappa shape index (κ3) is 6.09. The normalized spacial score (nSPS) is 10.9. The summed E-state index contributed by atoms with van der Waals surface area (Å²) in [6.07, 6.45) is 0.986. The van der Waals surface area contributed by atoms with Gasteiger partial charge in [0.25, 0.3) is 0 Å². The largest absolute Gasteiger partial charge is 0.484 e. The van der Waals surface area contributed by atoms with Gasteiger partial charge in [-0.1, -0.05) is 0 Å². The van der Waals surface area contributed by atoms with Crippen LogP contribution in [-0.2, 0) is 9.47 Å². The van der Waals surface area contributed by atoms with Gasteiger partial charge in [-0.25, -0.2) is 0 Å². The molecule has 19 heavy (non-hydrogen) atoms. The maximum atomic E-state index is 5.77. The lowest BCUT2D eigenvalue weighted by atomic mass is 10.4. The van der Waals surface area contributed by atoms with Crippen LogP contribution in [0.3, 0.4) is 0 Å². The van der Waals surface area contributed by atoms with E-state index in [-0.39, 0.29) is 6.10 Å². The topological polar surface area (TPSA) is 78.6 Å². The van der Waals surface area contributed by atoms with Gasteiger partial charge in [-0.05, 0) is 31.8 Å². The summed E-state index contributed by atoms with van der Waals surface area (Å²) < 4.78 is 20.0. The minimum Gasteiger partial charge on any atom is -0.484 e. The summed E-state index contributed by atoms with van der Waals surface area (Å²) in [6.45, 7) is 6.68. The molecule has 110 valence electrons. The maximum Gasteiger partial charge on any atom is 0.197 e. The van der Waals surface area contributed by atoms with Crippen LogP contribution in [0.2, 0.25) is 0 Å². The zero-order valence-corrected chi connectivity index (χ0v) is 12.6. The highest BCUT2D eigenvalue weighted by molar-refractivity contribution is 7.11. The number of rotatable bonds is 10. The van der Waals surface area contributed by atoms with E-state index < -0.39 is 0 Å². The molecule has 0 aromatic carbocycles. The highest BCUT2D eigenvalue weighted by Crippen LogP contribution is 2.35. The predicted molar refractivity (Wildman–Crippen MR) is 78.1 cm³/mol. The monoisotopic (exact) mass is 289 g/mol. The molecule has 0 aliphatic heterocycles. The Bertz CT molecular complexity index is 358. The molecule has 1 rings (SSSR count). The van der Waals surface area contributed by atoms with E-state index in [4.69, 9.17) is 19.9 Å². The number of nitrogens with one attached hydrogen (secondary N) is 1. The summed E-state index contributed by atoms with van der Waals surface area (Å²) in [5.74, 6) is 1.10. The molecule has 0 aliphatic rings. The van der Waals surface area contributed by atoms with Crippen LogP contribution < -0.4 is 15.8 Å². The second kappa shape index (κ2) is 8.95. The Morgan fingerprint density at radius 1 is 1.32 bits per heavy atom. The van der Waals surface area contributed by atoms with Crippen LogP contribution in [0.4, 0.5) is 10.8 Å². The van der Waals surface area contributed by atoms with Gasteiger partial charge < -0.3 is 25.3 Å². The minimum absolute atomic E-state index is 0.0802. The molecule has 0 amide bonds. The number of methoxy groups -OCH3 is 1. The summed E-state index contributed by atoms with van der Waals surface area (Å²) in [4.78, 5) is 0. The predicted octanol–water partition coefficient (Wildman–Crippen LogP) is 1.98. The fourth-order valence-electron chi connectivity index (χ4n) is 1.38. The average molecular weight is 289 g/mol. The minimum atomic E-state index is 0.0802. The average Bonchev–Trinajstić information content (AvgIpc) is 2.70. The zero-order chi connectivity index (χ0) is 14.1. The van der Waals surface area contributed by atoms with Gasteiger partial charge in [0.05, 0.1) is 19.3 Å². The van der Waals surface area contributed by atoms with Crippen LogP contribution in [0.15, 0.2) is 0 Å². The van der Waals surface area contributed by atoms with Crippen LogP contribution in [0, 0.1) is 0 Å². The van der Waals surface area contributed by atoms with Gasteiger partial charge in [0, 0.05) is 20.3 Å². The van der Waals surface area contributed by atoms with Crippen molar-refractivity contribution in [2.45, 2.75) is 26.4 Å². The van der Waals surface area contributed by atoms with Gasteiger partial charge in [0.2, 0.25) is 0 Å². The summed E-state index contributed by atoms with van der Waals surface area (Å²) in [5, 5.41) is 4.15. The molecule has 0 bridgehead atoms. The van der Waals surface area contributed by atoms with Crippen molar-refractivity contribution in [3.05, 3.63) is 0 Å². The number of nitrogens with two attached hydrogens (primary N) is 1. The molecule has 1 heterocycles. The fourth-order valence-corrected chi connectivity index (χ4v) is 2.05. The molecule has 3 N–H and O–H groups in total. The second-order valence-electron chi connectivity index (χ2n) is 4.28. The smallest absolute Gasteiger partial charge is 0.197 e. The summed E-state index contributed by atoms with van der Waals surface area (Å²) in [6, 6.07) is 0. The number of aromatic nitrogens is 1. The quantitative estimate of drug-likeness (QED) is 0.641. The van der Waals surface area contributed by atoms with E-state index in [2.05, 4.69) is 9.69 Å². The Labute approximate surface area is 118 Å². The van der Waals surface area contributed by atoms with E-state index in [9.17, 15) is 0 Å². The zero-order valence-electron chi connectivity index (χ0n) is 11.8. The number of nitrogens with zero attached hydrogens (tertiary/aromatic N) is 1. The van der Waals surface area contributed by atoms with Gasteiger partial charge >= 0.3 is 0 Å². The molecule has 7 heteroatoms. The number of ether oxygens (including phenoxy) is 3. The summed E-state index contributed by atoms with van der Waals surface area (Å²) in [7, 11) is 1.66. The molecule has 1 aromatic heterocycles. The molecule has 6 nitrogen and oxygen atoms in total. The Kier molecular flexibility index (Phi) is 7.54. The molecule has 0 atom stereocenters. The van der Waals surface area contributed by atoms with Crippen molar-refractivity contribution in [3.8, 4) is 5.75 Å². The van der Waals surface area contributed by atoms with Crippen LogP contribution in [0.25, 0.3) is 0 Å². The first-order valence-corrected chi connectivity index (χ1v) is 7.14. The molecule has 0 saturated carbocycles. The molecule has 0 saturated heterocycles. The molecular formula is C12H23N3O3S. The van der Waals surface area contributed by atoms with E-state index in [0.29, 0.717) is 31.4 Å². The maximum absolute atomic E-state index is 5.77.